The van der Waals surface area contributed by atoms with Gasteiger partial charge in [-0.2, -0.15) is 0 Å². The Morgan fingerprint density at radius 1 is 1.70 bits per heavy atom. The van der Waals surface area contributed by atoms with Gasteiger partial charge in [-0.1, -0.05) is 6.92 Å². The second-order valence-corrected chi connectivity index (χ2v) is 2.09. The average Bonchev–Trinajstić information content (AvgIpc) is 1.90. The zero-order valence-electron chi connectivity index (χ0n) is 6.16. The Balaban J connectivity index is 3.88. The van der Waals surface area contributed by atoms with Crippen LogP contribution in [0.2, 0.25) is 0 Å². The zero-order chi connectivity index (χ0) is 8.15. The molecule has 0 fully saturated rings. The summed E-state index contributed by atoms with van der Waals surface area (Å²) in [7, 11) is 1.63. The van der Waals surface area contributed by atoms with Crippen LogP contribution in [0.15, 0.2) is 0 Å². The number of aliphatic hydroxyl groups is 1. The van der Waals surface area contributed by atoms with Crippen molar-refractivity contribution in [2.75, 3.05) is 7.05 Å². The van der Waals surface area contributed by atoms with Crippen molar-refractivity contribution in [1.82, 2.24) is 5.32 Å². The number of carboxylic acid groups (broad SMARTS) is 1. The quantitative estimate of drug-likeness (QED) is 0.498. The van der Waals surface area contributed by atoms with E-state index in [0.29, 0.717) is 6.42 Å². The highest BCUT2D eigenvalue weighted by atomic mass is 16.4. The zero-order valence-corrected chi connectivity index (χ0v) is 6.16. The van der Waals surface area contributed by atoms with Crippen LogP contribution >= 0.6 is 0 Å². The van der Waals surface area contributed by atoms with Crippen LogP contribution in [0.3, 0.4) is 0 Å². The van der Waals surface area contributed by atoms with Gasteiger partial charge in [-0.25, -0.2) is 4.79 Å². The molecule has 0 radical (unpaired) electrons. The van der Waals surface area contributed by atoms with Gasteiger partial charge in [0.2, 0.25) is 0 Å². The first-order valence-electron chi connectivity index (χ1n) is 3.21. The predicted molar refractivity (Wildman–Crippen MR) is 36.8 cm³/mol. The number of nitrogens with one attached hydrogen (secondary N) is 1. The summed E-state index contributed by atoms with van der Waals surface area (Å²) < 4.78 is 0. The topological polar surface area (TPSA) is 69.6 Å². The number of likely N-dealkylation sites (N-methyl/N-ethyl adjacent to an activating group) is 1. The minimum absolute atomic E-state index is 0.350. The van der Waals surface area contributed by atoms with Gasteiger partial charge in [0.15, 0.2) is 6.10 Å². The van der Waals surface area contributed by atoms with Crippen molar-refractivity contribution in [3.63, 3.8) is 0 Å². The van der Waals surface area contributed by atoms with E-state index in [4.69, 9.17) is 10.2 Å². The van der Waals surface area contributed by atoms with Gasteiger partial charge in [-0.05, 0) is 13.5 Å². The SMILES string of the molecule is CCC(NC)C(O)C(=O)O. The van der Waals surface area contributed by atoms with Crippen LogP contribution < -0.4 is 5.32 Å². The van der Waals surface area contributed by atoms with Crippen LogP contribution in [0.4, 0.5) is 0 Å². The van der Waals surface area contributed by atoms with Gasteiger partial charge in [0, 0.05) is 6.04 Å². The Morgan fingerprint density at radius 3 is 2.30 bits per heavy atom. The molecule has 0 rings (SSSR count). The molecule has 3 N–H and O–H groups in total. The second kappa shape index (κ2) is 4.24. The molecule has 60 valence electrons. The molecule has 10 heavy (non-hydrogen) atoms. The summed E-state index contributed by atoms with van der Waals surface area (Å²) in [6.45, 7) is 1.81. The first-order valence-corrected chi connectivity index (χ1v) is 3.21. The summed E-state index contributed by atoms with van der Waals surface area (Å²) >= 11 is 0. The molecule has 2 unspecified atom stereocenters. The third-order valence-electron chi connectivity index (χ3n) is 1.44. The summed E-state index contributed by atoms with van der Waals surface area (Å²) in [4.78, 5) is 10.2. The molecule has 4 nitrogen and oxygen atoms in total. The molecule has 0 spiro atoms. The maximum Gasteiger partial charge on any atom is 0.334 e. The van der Waals surface area contributed by atoms with E-state index in [-0.39, 0.29) is 6.04 Å². The summed E-state index contributed by atoms with van der Waals surface area (Å²) in [6.07, 6.45) is -0.695. The van der Waals surface area contributed by atoms with E-state index in [9.17, 15) is 4.79 Å². The van der Waals surface area contributed by atoms with Crippen molar-refractivity contribution >= 4 is 5.97 Å². The van der Waals surface area contributed by atoms with E-state index in [1.165, 1.54) is 0 Å². The fourth-order valence-corrected chi connectivity index (χ4v) is 0.757. The van der Waals surface area contributed by atoms with Crippen LogP contribution in [-0.4, -0.2) is 35.4 Å². The summed E-state index contributed by atoms with van der Waals surface area (Å²) in [5, 5.41) is 20.0. The summed E-state index contributed by atoms with van der Waals surface area (Å²) in [6, 6.07) is -0.350. The molecule has 0 heterocycles. The van der Waals surface area contributed by atoms with Crippen LogP contribution in [0.25, 0.3) is 0 Å². The highest BCUT2D eigenvalue weighted by Crippen LogP contribution is 1.97. The molecule has 0 aromatic rings. The fraction of sp³-hybridized carbons (Fsp3) is 0.833. The van der Waals surface area contributed by atoms with Crippen molar-refractivity contribution in [1.29, 1.82) is 0 Å². The normalized spacial score (nSPS) is 16.3. The van der Waals surface area contributed by atoms with Crippen molar-refractivity contribution in [3.05, 3.63) is 0 Å². The van der Waals surface area contributed by atoms with Gasteiger partial charge in [0.25, 0.3) is 0 Å². The molecule has 0 saturated heterocycles. The number of carbonyl (C=O) groups is 1. The van der Waals surface area contributed by atoms with Crippen LogP contribution in [0.1, 0.15) is 13.3 Å². The monoisotopic (exact) mass is 147 g/mol. The Labute approximate surface area is 59.9 Å². The van der Waals surface area contributed by atoms with Crippen molar-refractivity contribution in [2.45, 2.75) is 25.5 Å². The van der Waals surface area contributed by atoms with Gasteiger partial charge in [0.1, 0.15) is 0 Å². The second-order valence-electron chi connectivity index (χ2n) is 2.09. The molecule has 4 heteroatoms. The van der Waals surface area contributed by atoms with Crippen LogP contribution in [-0.2, 0) is 4.79 Å². The van der Waals surface area contributed by atoms with Gasteiger partial charge < -0.3 is 15.5 Å². The summed E-state index contributed by atoms with van der Waals surface area (Å²) in [5.74, 6) is -1.18. The molecular formula is C6H13NO3. The molecule has 0 aromatic carbocycles. The molecule has 0 aliphatic rings. The summed E-state index contributed by atoms with van der Waals surface area (Å²) in [5.41, 5.74) is 0. The number of hydrogen-bond donors (Lipinski definition) is 3. The number of carboxylic acids is 1. The number of rotatable bonds is 4. The fourth-order valence-electron chi connectivity index (χ4n) is 0.757. The molecule has 0 amide bonds. The number of aliphatic carboxylic acids is 1. The largest absolute Gasteiger partial charge is 0.479 e. The first kappa shape index (κ1) is 9.39. The van der Waals surface area contributed by atoms with Crippen molar-refractivity contribution in [3.8, 4) is 0 Å². The van der Waals surface area contributed by atoms with Crippen LogP contribution in [0.5, 0.6) is 0 Å². The molecule has 0 aromatic heterocycles. The smallest absolute Gasteiger partial charge is 0.334 e. The van der Waals surface area contributed by atoms with Gasteiger partial charge >= 0.3 is 5.97 Å². The van der Waals surface area contributed by atoms with Crippen molar-refractivity contribution < 1.29 is 15.0 Å². The van der Waals surface area contributed by atoms with Crippen LogP contribution in [0, 0.1) is 0 Å². The van der Waals surface area contributed by atoms with E-state index in [1.807, 2.05) is 6.92 Å². The lowest BCUT2D eigenvalue weighted by molar-refractivity contribution is -0.148. The first-order chi connectivity index (χ1) is 4.63. The van der Waals surface area contributed by atoms with Gasteiger partial charge in [0.05, 0.1) is 0 Å². The minimum atomic E-state index is -1.30. The molecule has 0 aliphatic carbocycles. The third kappa shape index (κ3) is 2.33. The maximum absolute atomic E-state index is 10.2. The lowest BCUT2D eigenvalue weighted by Crippen LogP contribution is -2.41. The van der Waals surface area contributed by atoms with Gasteiger partial charge in [-0.3, -0.25) is 0 Å². The standard InChI is InChI=1S/C6H13NO3/c1-3-4(7-2)5(8)6(9)10/h4-5,7-8H,3H2,1-2H3,(H,9,10). The Morgan fingerprint density at radius 2 is 2.20 bits per heavy atom. The molecular weight excluding hydrogens is 134 g/mol. The van der Waals surface area contributed by atoms with Gasteiger partial charge in [-0.15, -0.1) is 0 Å². The number of hydrogen-bond acceptors (Lipinski definition) is 3. The Bertz CT molecular complexity index is 112. The maximum atomic E-state index is 10.2. The lowest BCUT2D eigenvalue weighted by atomic mass is 10.1. The highest BCUT2D eigenvalue weighted by molar-refractivity contribution is 5.72. The third-order valence-corrected chi connectivity index (χ3v) is 1.44. The Hall–Kier alpha value is -0.610. The Kier molecular flexibility index (Phi) is 3.99. The van der Waals surface area contributed by atoms with E-state index in [1.54, 1.807) is 7.05 Å². The lowest BCUT2D eigenvalue weighted by Gasteiger charge is -2.16. The molecule has 0 saturated carbocycles. The molecule has 0 aliphatic heterocycles. The number of aliphatic hydroxyl groups excluding tert-OH is 1. The van der Waals surface area contributed by atoms with E-state index in [0.717, 1.165) is 0 Å². The average molecular weight is 147 g/mol. The van der Waals surface area contributed by atoms with Crippen molar-refractivity contribution in [2.24, 2.45) is 0 Å². The van der Waals surface area contributed by atoms with E-state index >= 15 is 0 Å². The predicted octanol–water partition coefficient (Wildman–Crippen LogP) is -0.570. The molecule has 0 bridgehead atoms. The van der Waals surface area contributed by atoms with E-state index in [2.05, 4.69) is 5.32 Å². The van der Waals surface area contributed by atoms with E-state index < -0.39 is 12.1 Å². The minimum Gasteiger partial charge on any atom is -0.479 e. The molecule has 2 atom stereocenters. The highest BCUT2D eigenvalue weighted by Gasteiger charge is 2.21.